The minimum atomic E-state index is -0.440. The third-order valence-corrected chi connectivity index (χ3v) is 7.16. The van der Waals surface area contributed by atoms with Crippen LogP contribution in [0.1, 0.15) is 46.1 Å². The topological polar surface area (TPSA) is 39.7 Å². The summed E-state index contributed by atoms with van der Waals surface area (Å²) in [5.41, 5.74) is 1.15. The first-order chi connectivity index (χ1) is 12.3. The average Bonchev–Trinajstić information content (AvgIpc) is 3.19. The van der Waals surface area contributed by atoms with Crippen LogP contribution < -0.4 is 10.8 Å². The van der Waals surface area contributed by atoms with E-state index in [0.717, 1.165) is 48.8 Å². The van der Waals surface area contributed by atoms with Crippen LogP contribution in [0.15, 0.2) is 18.2 Å². The summed E-state index contributed by atoms with van der Waals surface area (Å²) in [6.45, 7) is 11.0. The molecule has 2 heterocycles. The third kappa shape index (κ3) is 3.33. The quantitative estimate of drug-likeness (QED) is 0.818. The molecule has 1 aliphatic carbocycles. The summed E-state index contributed by atoms with van der Waals surface area (Å²) in [6, 6.07) is 6.03. The maximum atomic E-state index is 6.71. The van der Waals surface area contributed by atoms with Crippen LogP contribution >= 0.6 is 11.6 Å². The zero-order chi connectivity index (χ0) is 18.5. The van der Waals surface area contributed by atoms with Crippen LogP contribution in [0.25, 0.3) is 0 Å². The van der Waals surface area contributed by atoms with E-state index in [4.69, 9.17) is 25.6 Å². The van der Waals surface area contributed by atoms with E-state index in [1.807, 2.05) is 18.2 Å². The molecule has 1 saturated carbocycles. The van der Waals surface area contributed by atoms with Crippen molar-refractivity contribution in [1.82, 2.24) is 5.32 Å². The highest BCUT2D eigenvalue weighted by Crippen LogP contribution is 2.38. The summed E-state index contributed by atoms with van der Waals surface area (Å²) in [4.78, 5) is 0. The second-order valence-electron chi connectivity index (χ2n) is 8.99. The molecular weight excluding hydrogens is 348 g/mol. The van der Waals surface area contributed by atoms with Gasteiger partial charge in [-0.2, -0.15) is 0 Å². The number of rotatable bonds is 4. The van der Waals surface area contributed by atoms with Gasteiger partial charge in [0.25, 0.3) is 0 Å². The van der Waals surface area contributed by atoms with Crippen molar-refractivity contribution >= 4 is 24.2 Å². The first-order valence-corrected chi connectivity index (χ1v) is 10.1. The maximum absolute atomic E-state index is 6.71. The van der Waals surface area contributed by atoms with E-state index in [9.17, 15) is 0 Å². The van der Waals surface area contributed by atoms with E-state index >= 15 is 0 Å². The number of halogens is 1. The highest BCUT2D eigenvalue weighted by molar-refractivity contribution is 6.65. The van der Waals surface area contributed by atoms with E-state index < -0.39 is 7.12 Å². The lowest BCUT2D eigenvalue weighted by Crippen LogP contribution is -2.41. The highest BCUT2D eigenvalue weighted by Gasteiger charge is 2.52. The molecule has 6 heteroatoms. The van der Waals surface area contributed by atoms with Gasteiger partial charge in [-0.3, -0.25) is 0 Å². The number of fused-ring (bicyclic) bond motifs is 1. The van der Waals surface area contributed by atoms with Crippen LogP contribution in [0.3, 0.4) is 0 Å². The Kier molecular flexibility index (Phi) is 4.90. The molecule has 0 bridgehead atoms. The summed E-state index contributed by atoms with van der Waals surface area (Å²) in [6.07, 6.45) is 2.67. The van der Waals surface area contributed by atoms with Gasteiger partial charge < -0.3 is 19.4 Å². The molecule has 1 aromatic rings. The fraction of sp³-hybridized carbons (Fsp3) is 0.700. The Hall–Kier alpha value is -0.585. The molecule has 4 nitrogen and oxygen atoms in total. The van der Waals surface area contributed by atoms with Crippen molar-refractivity contribution in [3.63, 3.8) is 0 Å². The zero-order valence-corrected chi connectivity index (χ0v) is 16.9. The van der Waals surface area contributed by atoms with Crippen LogP contribution in [-0.2, 0) is 20.7 Å². The molecule has 1 aromatic carbocycles. The minimum absolute atomic E-state index is 0.351. The monoisotopic (exact) mass is 377 g/mol. The van der Waals surface area contributed by atoms with Gasteiger partial charge in [-0.25, -0.2) is 0 Å². The van der Waals surface area contributed by atoms with Crippen LogP contribution in [0, 0.1) is 11.8 Å². The van der Waals surface area contributed by atoms with Crippen molar-refractivity contribution in [1.29, 1.82) is 0 Å². The lowest BCUT2D eigenvalue weighted by Gasteiger charge is -2.32. The van der Waals surface area contributed by atoms with Crippen LogP contribution in [0.2, 0.25) is 5.02 Å². The van der Waals surface area contributed by atoms with Crippen LogP contribution in [-0.4, -0.2) is 37.5 Å². The van der Waals surface area contributed by atoms with Crippen molar-refractivity contribution < 1.29 is 14.0 Å². The highest BCUT2D eigenvalue weighted by atomic mass is 35.5. The standard InChI is InChI=1S/C20H29BClNO3/c1-19(2)20(3,4)26-21(25-19)17-7-5-6-13(18(17)22)12-24-16-8-14-10-23-11-15(14)9-16/h5-7,14-16,23H,8-12H2,1-4H3/t14-,15+,16?. The number of ether oxygens (including phenoxy) is 1. The normalized spacial score (nSPS) is 32.2. The van der Waals surface area contributed by atoms with Gasteiger partial charge >= 0.3 is 7.12 Å². The van der Waals surface area contributed by atoms with Crippen molar-refractivity contribution in [3.05, 3.63) is 28.8 Å². The molecular formula is C20H29BClNO3. The molecule has 0 amide bonds. The van der Waals surface area contributed by atoms with Gasteiger partial charge in [-0.15, -0.1) is 0 Å². The van der Waals surface area contributed by atoms with E-state index in [1.165, 1.54) is 0 Å². The Labute approximate surface area is 162 Å². The number of hydrogen-bond donors (Lipinski definition) is 1. The Morgan fingerprint density at radius 2 is 1.73 bits per heavy atom. The number of hydrogen-bond acceptors (Lipinski definition) is 4. The van der Waals surface area contributed by atoms with Crippen LogP contribution in [0.4, 0.5) is 0 Å². The second kappa shape index (κ2) is 6.79. The van der Waals surface area contributed by atoms with E-state index in [0.29, 0.717) is 17.7 Å². The summed E-state index contributed by atoms with van der Waals surface area (Å²) < 4.78 is 18.5. The smallest absolute Gasteiger partial charge is 0.399 e. The molecule has 4 rings (SSSR count). The maximum Gasteiger partial charge on any atom is 0.496 e. The summed E-state index contributed by atoms with van der Waals surface area (Å²) in [5, 5.41) is 4.18. The molecule has 1 N–H and O–H groups in total. The molecule has 3 fully saturated rings. The van der Waals surface area contributed by atoms with E-state index in [-0.39, 0.29) is 11.2 Å². The molecule has 3 aliphatic rings. The van der Waals surface area contributed by atoms with Crippen molar-refractivity contribution in [2.75, 3.05) is 13.1 Å². The van der Waals surface area contributed by atoms with Gasteiger partial charge in [0.15, 0.2) is 0 Å². The third-order valence-electron chi connectivity index (χ3n) is 6.70. The van der Waals surface area contributed by atoms with Gasteiger partial charge in [0.05, 0.1) is 23.9 Å². The van der Waals surface area contributed by atoms with Gasteiger partial charge in [0.2, 0.25) is 0 Å². The van der Waals surface area contributed by atoms with Crippen LogP contribution in [0.5, 0.6) is 0 Å². The minimum Gasteiger partial charge on any atom is -0.399 e. The SMILES string of the molecule is CC1(C)OB(c2cccc(COC3C[C@H]4CNC[C@H]4C3)c2Cl)OC1(C)C. The predicted octanol–water partition coefficient (Wildman–Crippen LogP) is 3.15. The zero-order valence-electron chi connectivity index (χ0n) is 16.2. The average molecular weight is 378 g/mol. The van der Waals surface area contributed by atoms with Crippen molar-refractivity contribution in [2.45, 2.75) is 64.4 Å². The van der Waals surface area contributed by atoms with Crippen molar-refractivity contribution in [3.8, 4) is 0 Å². The largest absolute Gasteiger partial charge is 0.496 e. The first-order valence-electron chi connectivity index (χ1n) is 9.72. The molecule has 1 unspecified atom stereocenters. The Morgan fingerprint density at radius 3 is 2.35 bits per heavy atom. The molecule has 3 atom stereocenters. The lowest BCUT2D eigenvalue weighted by atomic mass is 9.78. The summed E-state index contributed by atoms with van der Waals surface area (Å²) >= 11 is 6.71. The van der Waals surface area contributed by atoms with Gasteiger partial charge in [0, 0.05) is 10.5 Å². The van der Waals surface area contributed by atoms with E-state index in [2.05, 4.69) is 33.0 Å². The summed E-state index contributed by atoms with van der Waals surface area (Å²) in [7, 11) is -0.440. The number of benzene rings is 1. The second-order valence-corrected chi connectivity index (χ2v) is 9.37. The molecule has 142 valence electrons. The fourth-order valence-electron chi connectivity index (χ4n) is 4.32. The molecule has 0 radical (unpaired) electrons. The van der Waals surface area contributed by atoms with Gasteiger partial charge in [-0.1, -0.05) is 29.8 Å². The lowest BCUT2D eigenvalue weighted by molar-refractivity contribution is 0.00578. The molecule has 26 heavy (non-hydrogen) atoms. The molecule has 2 aliphatic heterocycles. The molecule has 2 saturated heterocycles. The first kappa shape index (κ1) is 18.8. The number of nitrogens with one attached hydrogen (secondary N) is 1. The fourth-order valence-corrected chi connectivity index (χ4v) is 4.59. The predicted molar refractivity (Wildman–Crippen MR) is 105 cm³/mol. The van der Waals surface area contributed by atoms with E-state index in [1.54, 1.807) is 0 Å². The Balaban J connectivity index is 1.43. The Bertz CT molecular complexity index is 653. The molecule has 0 aromatic heterocycles. The Morgan fingerprint density at radius 1 is 1.12 bits per heavy atom. The van der Waals surface area contributed by atoms with Gasteiger partial charge in [0.1, 0.15) is 0 Å². The summed E-state index contributed by atoms with van der Waals surface area (Å²) in [5.74, 6) is 1.57. The van der Waals surface area contributed by atoms with Crippen molar-refractivity contribution in [2.24, 2.45) is 11.8 Å². The van der Waals surface area contributed by atoms with Gasteiger partial charge in [-0.05, 0) is 71.0 Å². The molecule has 0 spiro atoms.